The Balaban J connectivity index is 2.33. The van der Waals surface area contributed by atoms with E-state index in [9.17, 15) is 0 Å². The van der Waals surface area contributed by atoms with Crippen LogP contribution < -0.4 is 5.73 Å². The minimum absolute atomic E-state index is 0.0221. The molecule has 0 amide bonds. The Bertz CT molecular complexity index is 502. The number of hydrogen-bond donors (Lipinski definition) is 2. The quantitative estimate of drug-likeness (QED) is 0.864. The van der Waals surface area contributed by atoms with Crippen LogP contribution in [-0.4, -0.2) is 9.97 Å². The van der Waals surface area contributed by atoms with Gasteiger partial charge in [-0.15, -0.1) is 0 Å². The molecule has 0 aliphatic heterocycles. The van der Waals surface area contributed by atoms with E-state index in [4.69, 9.17) is 5.73 Å². The van der Waals surface area contributed by atoms with Crippen LogP contribution in [0.4, 0.5) is 0 Å². The van der Waals surface area contributed by atoms with E-state index in [1.807, 2.05) is 25.1 Å². The molecule has 0 spiro atoms. The zero-order valence-electron chi connectivity index (χ0n) is 11.3. The molecule has 0 saturated carbocycles. The summed E-state index contributed by atoms with van der Waals surface area (Å²) < 4.78 is 0. The number of nitrogens with two attached hydrogens (primary N) is 1. The Labute approximate surface area is 108 Å². The molecule has 3 heteroatoms. The number of rotatable bonds is 4. The molecule has 2 rings (SSSR count). The minimum Gasteiger partial charge on any atom is -0.344 e. The Hall–Kier alpha value is -1.61. The molecule has 0 aliphatic rings. The highest BCUT2D eigenvalue weighted by Gasteiger charge is 2.18. The number of benzene rings is 1. The van der Waals surface area contributed by atoms with Crippen molar-refractivity contribution in [1.82, 2.24) is 9.97 Å². The van der Waals surface area contributed by atoms with Crippen LogP contribution in [0.2, 0.25) is 0 Å². The van der Waals surface area contributed by atoms with Crippen LogP contribution in [-0.2, 0) is 0 Å². The fraction of sp³-hybridized carbons (Fsp3) is 0.400. The zero-order chi connectivity index (χ0) is 13.1. The smallest absolute Gasteiger partial charge is 0.124 e. The van der Waals surface area contributed by atoms with E-state index in [-0.39, 0.29) is 6.04 Å². The maximum absolute atomic E-state index is 6.22. The van der Waals surface area contributed by atoms with Crippen molar-refractivity contribution in [3.8, 4) is 11.3 Å². The van der Waals surface area contributed by atoms with Crippen molar-refractivity contribution in [3.05, 3.63) is 41.9 Å². The number of hydrogen-bond acceptors (Lipinski definition) is 2. The van der Waals surface area contributed by atoms with Crippen molar-refractivity contribution >= 4 is 0 Å². The molecule has 2 aromatic rings. The first kappa shape index (κ1) is 12.8. The van der Waals surface area contributed by atoms with E-state index in [1.165, 1.54) is 0 Å². The predicted molar refractivity (Wildman–Crippen MR) is 75.1 cm³/mol. The van der Waals surface area contributed by atoms with Gasteiger partial charge in [0.05, 0.1) is 11.7 Å². The van der Waals surface area contributed by atoms with Crippen LogP contribution in [0.15, 0.2) is 30.3 Å². The first-order valence-electron chi connectivity index (χ1n) is 6.51. The third-order valence-electron chi connectivity index (χ3n) is 3.52. The molecule has 0 bridgehead atoms. The summed E-state index contributed by atoms with van der Waals surface area (Å²) >= 11 is 0. The van der Waals surface area contributed by atoms with Crippen LogP contribution in [0.5, 0.6) is 0 Å². The highest BCUT2D eigenvalue weighted by atomic mass is 15.0. The summed E-state index contributed by atoms with van der Waals surface area (Å²) in [6.45, 7) is 6.35. The summed E-state index contributed by atoms with van der Waals surface area (Å²) in [6.07, 6.45) is 1.06. The molecule has 1 heterocycles. The molecule has 2 unspecified atom stereocenters. The molecule has 0 fully saturated rings. The van der Waals surface area contributed by atoms with Crippen LogP contribution >= 0.6 is 0 Å². The summed E-state index contributed by atoms with van der Waals surface area (Å²) in [5.41, 5.74) is 9.43. The Morgan fingerprint density at radius 2 is 1.94 bits per heavy atom. The second-order valence-corrected chi connectivity index (χ2v) is 4.87. The van der Waals surface area contributed by atoms with Gasteiger partial charge in [0, 0.05) is 11.3 Å². The summed E-state index contributed by atoms with van der Waals surface area (Å²) in [6, 6.07) is 10.2. The molecular formula is C15H21N3. The topological polar surface area (TPSA) is 54.7 Å². The second kappa shape index (κ2) is 5.36. The number of aromatic nitrogens is 2. The summed E-state index contributed by atoms with van der Waals surface area (Å²) in [5, 5.41) is 0. The molecule has 1 aromatic heterocycles. The van der Waals surface area contributed by atoms with Gasteiger partial charge in [-0.2, -0.15) is 0 Å². The van der Waals surface area contributed by atoms with E-state index in [1.54, 1.807) is 0 Å². The van der Waals surface area contributed by atoms with Crippen LogP contribution in [0.1, 0.15) is 37.8 Å². The van der Waals surface area contributed by atoms with Crippen LogP contribution in [0.25, 0.3) is 11.3 Å². The SMILES string of the molecule is CCC(C)C(N)c1nc(-c2ccccc2)c(C)[nH]1. The molecule has 2 atom stereocenters. The molecule has 3 N–H and O–H groups in total. The fourth-order valence-electron chi connectivity index (χ4n) is 2.04. The van der Waals surface area contributed by atoms with E-state index >= 15 is 0 Å². The first-order valence-corrected chi connectivity index (χ1v) is 6.51. The number of aryl methyl sites for hydroxylation is 1. The van der Waals surface area contributed by atoms with Crippen molar-refractivity contribution in [2.45, 2.75) is 33.2 Å². The van der Waals surface area contributed by atoms with Gasteiger partial charge in [-0.3, -0.25) is 0 Å². The maximum Gasteiger partial charge on any atom is 0.124 e. The number of imidazole rings is 1. The van der Waals surface area contributed by atoms with E-state index in [0.717, 1.165) is 29.2 Å². The summed E-state index contributed by atoms with van der Waals surface area (Å²) in [4.78, 5) is 7.99. The van der Waals surface area contributed by atoms with Gasteiger partial charge in [0.15, 0.2) is 0 Å². The third-order valence-corrected chi connectivity index (χ3v) is 3.52. The predicted octanol–water partition coefficient (Wildman–Crippen LogP) is 3.43. The lowest BCUT2D eigenvalue weighted by atomic mass is 10.00. The highest BCUT2D eigenvalue weighted by Crippen LogP contribution is 2.25. The van der Waals surface area contributed by atoms with Gasteiger partial charge in [0.25, 0.3) is 0 Å². The summed E-state index contributed by atoms with van der Waals surface area (Å²) in [7, 11) is 0. The lowest BCUT2D eigenvalue weighted by Gasteiger charge is -2.15. The van der Waals surface area contributed by atoms with Crippen LogP contribution in [0, 0.1) is 12.8 Å². The molecule has 0 radical (unpaired) electrons. The number of nitrogens with one attached hydrogen (secondary N) is 1. The standard InChI is InChI=1S/C15H21N3/c1-4-10(2)13(16)15-17-11(3)14(18-15)12-8-6-5-7-9-12/h5-10,13H,4,16H2,1-3H3,(H,17,18). The highest BCUT2D eigenvalue weighted by molar-refractivity contribution is 5.61. The van der Waals surface area contributed by atoms with Gasteiger partial charge in [0.1, 0.15) is 5.82 Å². The van der Waals surface area contributed by atoms with Crippen molar-refractivity contribution in [3.63, 3.8) is 0 Å². The van der Waals surface area contributed by atoms with Gasteiger partial charge in [-0.25, -0.2) is 4.98 Å². The minimum atomic E-state index is -0.0221. The molecule has 1 aromatic carbocycles. The Kier molecular flexibility index (Phi) is 3.82. The second-order valence-electron chi connectivity index (χ2n) is 4.87. The zero-order valence-corrected chi connectivity index (χ0v) is 11.3. The maximum atomic E-state index is 6.22. The van der Waals surface area contributed by atoms with Crippen molar-refractivity contribution in [2.75, 3.05) is 0 Å². The largest absolute Gasteiger partial charge is 0.344 e. The number of H-pyrrole nitrogens is 1. The number of nitrogens with zero attached hydrogens (tertiary/aromatic N) is 1. The van der Waals surface area contributed by atoms with Crippen molar-refractivity contribution < 1.29 is 0 Å². The van der Waals surface area contributed by atoms with Gasteiger partial charge < -0.3 is 10.7 Å². The summed E-state index contributed by atoms with van der Waals surface area (Å²) in [5.74, 6) is 1.32. The molecule has 0 aliphatic carbocycles. The van der Waals surface area contributed by atoms with E-state index < -0.39 is 0 Å². The normalized spacial score (nSPS) is 14.4. The lowest BCUT2D eigenvalue weighted by Crippen LogP contribution is -2.19. The number of aromatic amines is 1. The average Bonchev–Trinajstić information content (AvgIpc) is 2.80. The molecular weight excluding hydrogens is 222 g/mol. The molecule has 18 heavy (non-hydrogen) atoms. The average molecular weight is 243 g/mol. The molecule has 3 nitrogen and oxygen atoms in total. The fourth-order valence-corrected chi connectivity index (χ4v) is 2.04. The van der Waals surface area contributed by atoms with E-state index in [2.05, 4.69) is 35.9 Å². The van der Waals surface area contributed by atoms with E-state index in [0.29, 0.717) is 5.92 Å². The third kappa shape index (κ3) is 2.46. The molecule has 96 valence electrons. The monoisotopic (exact) mass is 243 g/mol. The Morgan fingerprint density at radius 1 is 1.28 bits per heavy atom. The van der Waals surface area contributed by atoms with Gasteiger partial charge >= 0.3 is 0 Å². The van der Waals surface area contributed by atoms with Gasteiger partial charge in [-0.1, -0.05) is 50.6 Å². The Morgan fingerprint density at radius 3 is 2.56 bits per heavy atom. The van der Waals surface area contributed by atoms with Crippen molar-refractivity contribution in [1.29, 1.82) is 0 Å². The molecule has 0 saturated heterocycles. The lowest BCUT2D eigenvalue weighted by molar-refractivity contribution is 0.441. The first-order chi connectivity index (χ1) is 8.63. The van der Waals surface area contributed by atoms with Crippen LogP contribution in [0.3, 0.4) is 0 Å². The van der Waals surface area contributed by atoms with Crippen molar-refractivity contribution in [2.24, 2.45) is 11.7 Å². The van der Waals surface area contributed by atoms with Gasteiger partial charge in [-0.05, 0) is 12.8 Å². The van der Waals surface area contributed by atoms with Gasteiger partial charge in [0.2, 0.25) is 0 Å².